The maximum atomic E-state index is 9.16. The smallest absolute Gasteiger partial charge is 0.162 e. The summed E-state index contributed by atoms with van der Waals surface area (Å²) in [4.78, 5) is 0. The topological polar surface area (TPSA) is 20.2 Å². The van der Waals surface area contributed by atoms with E-state index in [1.807, 2.05) is 0 Å². The minimum absolute atomic E-state index is 0.295. The van der Waals surface area contributed by atoms with Crippen LogP contribution in [0.25, 0.3) is 0 Å². The van der Waals surface area contributed by atoms with E-state index in [0.29, 0.717) is 16.5 Å². The fourth-order valence-corrected chi connectivity index (χ4v) is 1.28. The van der Waals surface area contributed by atoms with E-state index in [1.165, 1.54) is 6.08 Å². The number of rotatable bonds is 0. The molecule has 0 aliphatic heterocycles. The Labute approximate surface area is 73.9 Å². The van der Waals surface area contributed by atoms with Crippen LogP contribution in [-0.4, -0.2) is 10.2 Å². The SMILES string of the molecule is OC1(Cl)C=C(Cl)C(Cl)=CC1. The highest BCUT2D eigenvalue weighted by molar-refractivity contribution is 6.44. The Morgan fingerprint density at radius 1 is 1.40 bits per heavy atom. The lowest BCUT2D eigenvalue weighted by molar-refractivity contribution is 0.181. The third-order valence-corrected chi connectivity index (χ3v) is 2.17. The molecule has 0 heterocycles. The van der Waals surface area contributed by atoms with E-state index in [9.17, 15) is 0 Å². The Morgan fingerprint density at radius 3 is 2.40 bits per heavy atom. The first-order chi connectivity index (χ1) is 4.51. The van der Waals surface area contributed by atoms with Crippen molar-refractivity contribution in [2.24, 2.45) is 0 Å². The minimum Gasteiger partial charge on any atom is -0.371 e. The van der Waals surface area contributed by atoms with Gasteiger partial charge in [-0.3, -0.25) is 0 Å². The number of alkyl halides is 1. The first-order valence-corrected chi connectivity index (χ1v) is 3.80. The third kappa shape index (κ3) is 1.89. The normalized spacial score (nSPS) is 33.2. The van der Waals surface area contributed by atoms with Gasteiger partial charge in [-0.25, -0.2) is 0 Å². The maximum Gasteiger partial charge on any atom is 0.162 e. The Balaban J connectivity index is 2.87. The van der Waals surface area contributed by atoms with E-state index in [0.717, 1.165) is 0 Å². The average molecular weight is 199 g/mol. The summed E-state index contributed by atoms with van der Waals surface area (Å²) in [5, 5.41) is 8.55. The van der Waals surface area contributed by atoms with Gasteiger partial charge < -0.3 is 5.11 Å². The van der Waals surface area contributed by atoms with Gasteiger partial charge in [0.15, 0.2) is 5.06 Å². The molecule has 0 fully saturated rings. The van der Waals surface area contributed by atoms with Crippen LogP contribution in [0.5, 0.6) is 0 Å². The molecule has 0 amide bonds. The van der Waals surface area contributed by atoms with Gasteiger partial charge in [-0.15, -0.1) is 0 Å². The molecule has 56 valence electrons. The van der Waals surface area contributed by atoms with Crippen LogP contribution in [0.15, 0.2) is 22.2 Å². The first kappa shape index (κ1) is 8.41. The van der Waals surface area contributed by atoms with Crippen molar-refractivity contribution in [3.63, 3.8) is 0 Å². The van der Waals surface area contributed by atoms with Crippen molar-refractivity contribution in [2.75, 3.05) is 0 Å². The maximum absolute atomic E-state index is 9.16. The van der Waals surface area contributed by atoms with Crippen LogP contribution in [0.2, 0.25) is 0 Å². The Morgan fingerprint density at radius 2 is 2.00 bits per heavy atom. The Hall–Kier alpha value is 0.310. The van der Waals surface area contributed by atoms with Crippen LogP contribution in [0.4, 0.5) is 0 Å². The van der Waals surface area contributed by atoms with Gasteiger partial charge >= 0.3 is 0 Å². The highest BCUT2D eigenvalue weighted by atomic mass is 35.5. The van der Waals surface area contributed by atoms with Crippen molar-refractivity contribution in [1.82, 2.24) is 0 Å². The zero-order valence-corrected chi connectivity index (χ0v) is 7.21. The molecule has 1 aliphatic rings. The monoisotopic (exact) mass is 198 g/mol. The fraction of sp³-hybridized carbons (Fsp3) is 0.333. The molecule has 1 atom stereocenters. The van der Waals surface area contributed by atoms with Gasteiger partial charge in [-0.2, -0.15) is 0 Å². The molecule has 1 aliphatic carbocycles. The van der Waals surface area contributed by atoms with Crippen molar-refractivity contribution in [3.05, 3.63) is 22.2 Å². The molecule has 1 unspecified atom stereocenters. The predicted molar refractivity (Wildman–Crippen MR) is 43.3 cm³/mol. The van der Waals surface area contributed by atoms with Crippen LogP contribution in [0.1, 0.15) is 6.42 Å². The Kier molecular flexibility index (Phi) is 2.31. The Bertz CT molecular complexity index is 205. The van der Waals surface area contributed by atoms with Crippen molar-refractivity contribution in [3.8, 4) is 0 Å². The lowest BCUT2D eigenvalue weighted by atomic mass is 10.1. The zero-order valence-electron chi connectivity index (χ0n) is 4.94. The summed E-state index contributed by atoms with van der Waals surface area (Å²) in [5.41, 5.74) is 0. The van der Waals surface area contributed by atoms with E-state index in [-0.39, 0.29) is 0 Å². The molecule has 4 heteroatoms. The van der Waals surface area contributed by atoms with E-state index >= 15 is 0 Å². The second-order valence-corrected chi connectivity index (χ2v) is 3.54. The summed E-state index contributed by atoms with van der Waals surface area (Å²) >= 11 is 16.7. The van der Waals surface area contributed by atoms with E-state index in [2.05, 4.69) is 0 Å². The standard InChI is InChI=1S/C6H5Cl3O/c7-4-1-2-6(9,10)3-5(4)8/h1,3,10H,2H2. The quantitative estimate of drug-likeness (QED) is 0.595. The molecule has 1 nitrogen and oxygen atoms in total. The number of aliphatic hydroxyl groups is 1. The molecular formula is C6H5Cl3O. The first-order valence-electron chi connectivity index (χ1n) is 2.67. The summed E-state index contributed by atoms with van der Waals surface area (Å²) < 4.78 is 0. The van der Waals surface area contributed by atoms with Crippen molar-refractivity contribution < 1.29 is 5.11 Å². The zero-order chi connectivity index (χ0) is 7.78. The van der Waals surface area contributed by atoms with Crippen LogP contribution in [0.3, 0.4) is 0 Å². The highest BCUT2D eigenvalue weighted by Gasteiger charge is 2.24. The summed E-state index contributed by atoms with van der Waals surface area (Å²) in [7, 11) is 0. The van der Waals surface area contributed by atoms with Crippen molar-refractivity contribution in [2.45, 2.75) is 11.5 Å². The highest BCUT2D eigenvalue weighted by Crippen LogP contribution is 2.32. The number of halogens is 3. The van der Waals surface area contributed by atoms with Crippen molar-refractivity contribution in [1.29, 1.82) is 0 Å². The molecule has 0 aromatic carbocycles. The van der Waals surface area contributed by atoms with E-state index in [1.54, 1.807) is 6.08 Å². The molecule has 1 rings (SSSR count). The molecule has 0 aromatic rings. The van der Waals surface area contributed by atoms with Crippen LogP contribution >= 0.6 is 34.8 Å². The van der Waals surface area contributed by atoms with Crippen LogP contribution < -0.4 is 0 Å². The molecule has 0 saturated carbocycles. The largest absolute Gasteiger partial charge is 0.371 e. The minimum atomic E-state index is -1.35. The molecule has 10 heavy (non-hydrogen) atoms. The number of hydrogen-bond donors (Lipinski definition) is 1. The lowest BCUT2D eigenvalue weighted by Crippen LogP contribution is -2.18. The summed E-state index contributed by atoms with van der Waals surface area (Å²) in [6, 6.07) is 0. The van der Waals surface area contributed by atoms with Gasteiger partial charge in [0.1, 0.15) is 0 Å². The van der Waals surface area contributed by atoms with Gasteiger partial charge in [0.2, 0.25) is 0 Å². The van der Waals surface area contributed by atoms with Crippen LogP contribution in [0, 0.1) is 0 Å². The third-order valence-electron chi connectivity index (χ3n) is 1.14. The molecule has 1 N–H and O–H groups in total. The van der Waals surface area contributed by atoms with Gasteiger partial charge in [-0.1, -0.05) is 40.9 Å². The van der Waals surface area contributed by atoms with Crippen molar-refractivity contribution >= 4 is 34.8 Å². The molecular weight excluding hydrogens is 194 g/mol. The summed E-state index contributed by atoms with van der Waals surface area (Å²) in [6.07, 6.45) is 3.19. The fourth-order valence-electron chi connectivity index (χ4n) is 0.652. The predicted octanol–water partition coefficient (Wildman–Crippen LogP) is 2.56. The average Bonchev–Trinajstić information content (AvgIpc) is 1.79. The van der Waals surface area contributed by atoms with E-state index < -0.39 is 5.06 Å². The van der Waals surface area contributed by atoms with E-state index in [4.69, 9.17) is 39.9 Å². The van der Waals surface area contributed by atoms with Crippen LogP contribution in [-0.2, 0) is 0 Å². The number of hydrogen-bond acceptors (Lipinski definition) is 1. The van der Waals surface area contributed by atoms with Gasteiger partial charge in [0.25, 0.3) is 0 Å². The molecule has 0 radical (unpaired) electrons. The summed E-state index contributed by atoms with van der Waals surface area (Å²) in [6.45, 7) is 0. The molecule has 0 spiro atoms. The van der Waals surface area contributed by atoms with Gasteiger partial charge in [0, 0.05) is 6.42 Å². The van der Waals surface area contributed by atoms with Gasteiger partial charge in [0.05, 0.1) is 10.1 Å². The summed E-state index contributed by atoms with van der Waals surface area (Å²) in [5.74, 6) is 0. The molecule has 0 saturated heterocycles. The molecule has 0 bridgehead atoms. The van der Waals surface area contributed by atoms with Gasteiger partial charge in [-0.05, 0) is 6.08 Å². The lowest BCUT2D eigenvalue weighted by Gasteiger charge is -2.18. The second kappa shape index (κ2) is 2.74. The molecule has 0 aromatic heterocycles. The number of allylic oxidation sites excluding steroid dienone is 2. The second-order valence-electron chi connectivity index (χ2n) is 2.07.